The Bertz CT molecular complexity index is 939. The second kappa shape index (κ2) is 8.49. The lowest BCUT2D eigenvalue weighted by molar-refractivity contribution is 0.0820. The Balaban J connectivity index is 1.21. The molecule has 8 nitrogen and oxygen atoms in total. The lowest BCUT2D eigenvalue weighted by Crippen LogP contribution is -2.37. The van der Waals surface area contributed by atoms with E-state index in [0.29, 0.717) is 35.9 Å². The molecule has 1 amide bonds. The number of carbonyl (C=O) groups excluding carboxylic acids is 1. The smallest absolute Gasteiger partial charge is 0.255 e. The van der Waals surface area contributed by atoms with Gasteiger partial charge in [-0.2, -0.15) is 0 Å². The Hall–Kier alpha value is -2.61. The van der Waals surface area contributed by atoms with E-state index >= 15 is 0 Å². The second-order valence-electron chi connectivity index (χ2n) is 8.91. The number of ether oxygens (including phenoxy) is 1. The topological polar surface area (TPSA) is 82.7 Å². The van der Waals surface area contributed by atoms with Crippen LogP contribution in [0, 0.1) is 12.8 Å². The summed E-state index contributed by atoms with van der Waals surface area (Å²) >= 11 is 0. The lowest BCUT2D eigenvalue weighted by atomic mass is 10.0. The molecule has 1 aromatic heterocycles. The summed E-state index contributed by atoms with van der Waals surface area (Å²) in [7, 11) is 0. The number of nitrogens with zero attached hydrogens (tertiary/aromatic N) is 4. The fraction of sp³-hybridized carbons (Fsp3) is 0.609. The van der Waals surface area contributed by atoms with Gasteiger partial charge in [0.25, 0.3) is 5.91 Å². The van der Waals surface area contributed by atoms with Crippen LogP contribution in [0.1, 0.15) is 54.3 Å². The van der Waals surface area contributed by atoms with Crippen molar-refractivity contribution >= 4 is 24.0 Å². The maximum atomic E-state index is 13.1. The van der Waals surface area contributed by atoms with E-state index in [9.17, 15) is 4.79 Å². The predicted molar refractivity (Wildman–Crippen MR) is 119 cm³/mol. The first-order valence-electron chi connectivity index (χ1n) is 11.5. The van der Waals surface area contributed by atoms with Gasteiger partial charge in [-0.25, -0.2) is 4.99 Å². The molecule has 0 aliphatic carbocycles. The van der Waals surface area contributed by atoms with Crippen LogP contribution >= 0.6 is 0 Å². The van der Waals surface area contributed by atoms with Crippen LogP contribution < -0.4 is 5.32 Å². The van der Waals surface area contributed by atoms with Crippen LogP contribution in [0.5, 0.6) is 0 Å². The minimum atomic E-state index is -0.161. The molecule has 0 aromatic carbocycles. The highest BCUT2D eigenvalue weighted by Gasteiger charge is 2.34. The number of rotatable bonds is 5. The number of hydrogen-bond acceptors (Lipinski definition) is 7. The molecule has 166 valence electrons. The summed E-state index contributed by atoms with van der Waals surface area (Å²) in [4.78, 5) is 26.5. The van der Waals surface area contributed by atoms with Gasteiger partial charge >= 0.3 is 0 Å². The average molecular weight is 426 g/mol. The van der Waals surface area contributed by atoms with E-state index in [0.717, 1.165) is 37.8 Å². The molecule has 0 bridgehead atoms. The van der Waals surface area contributed by atoms with Gasteiger partial charge in [-0.3, -0.25) is 14.7 Å². The molecule has 4 aliphatic rings. The molecule has 1 saturated heterocycles. The number of aliphatic imine (C=N–C) groups is 2. The first-order valence-corrected chi connectivity index (χ1v) is 11.5. The highest BCUT2D eigenvalue weighted by molar-refractivity contribution is 6.17. The van der Waals surface area contributed by atoms with E-state index in [1.807, 2.05) is 4.90 Å². The molecule has 31 heavy (non-hydrogen) atoms. The van der Waals surface area contributed by atoms with Crippen LogP contribution in [0.4, 0.5) is 5.88 Å². The van der Waals surface area contributed by atoms with Crippen molar-refractivity contribution in [2.45, 2.75) is 45.6 Å². The molecule has 0 spiro atoms. The van der Waals surface area contributed by atoms with E-state index in [4.69, 9.17) is 9.15 Å². The fourth-order valence-corrected chi connectivity index (χ4v) is 4.87. The highest BCUT2D eigenvalue weighted by atomic mass is 16.5. The molecular weight excluding hydrogens is 394 g/mol. The van der Waals surface area contributed by atoms with Crippen molar-refractivity contribution in [3.8, 4) is 0 Å². The van der Waals surface area contributed by atoms with Crippen molar-refractivity contribution in [3.63, 3.8) is 0 Å². The molecule has 1 fully saturated rings. The largest absolute Gasteiger partial charge is 0.491 e. The summed E-state index contributed by atoms with van der Waals surface area (Å²) in [5.74, 6) is 2.95. The Morgan fingerprint density at radius 3 is 2.84 bits per heavy atom. The van der Waals surface area contributed by atoms with E-state index in [1.54, 1.807) is 13.3 Å². The Morgan fingerprint density at radius 1 is 1.23 bits per heavy atom. The van der Waals surface area contributed by atoms with Gasteiger partial charge in [0.2, 0.25) is 5.88 Å². The van der Waals surface area contributed by atoms with Crippen molar-refractivity contribution in [2.24, 2.45) is 15.9 Å². The molecular formula is C23H31N5O3. The maximum absolute atomic E-state index is 13.1. The molecule has 0 saturated carbocycles. The van der Waals surface area contributed by atoms with Crippen molar-refractivity contribution in [1.29, 1.82) is 0 Å². The Kier molecular flexibility index (Phi) is 5.56. The second-order valence-corrected chi connectivity index (χ2v) is 8.91. The van der Waals surface area contributed by atoms with E-state index < -0.39 is 0 Å². The maximum Gasteiger partial charge on any atom is 0.255 e. The van der Waals surface area contributed by atoms with Crippen LogP contribution in [-0.2, 0) is 4.74 Å². The number of hydrogen-bond donors (Lipinski definition) is 1. The van der Waals surface area contributed by atoms with Gasteiger partial charge in [0.15, 0.2) is 0 Å². The molecule has 5 heterocycles. The minimum Gasteiger partial charge on any atom is -0.491 e. The number of aryl methyl sites for hydroxylation is 1. The van der Waals surface area contributed by atoms with Crippen LogP contribution in [0.2, 0.25) is 0 Å². The zero-order valence-electron chi connectivity index (χ0n) is 18.4. The Labute approximate surface area is 183 Å². The third kappa shape index (κ3) is 4.01. The van der Waals surface area contributed by atoms with Gasteiger partial charge in [0.05, 0.1) is 30.8 Å². The van der Waals surface area contributed by atoms with Crippen LogP contribution in [0.15, 0.2) is 26.2 Å². The zero-order valence-corrected chi connectivity index (χ0v) is 18.4. The fourth-order valence-electron chi connectivity index (χ4n) is 4.87. The third-order valence-electron chi connectivity index (χ3n) is 6.59. The quantitative estimate of drug-likeness (QED) is 0.784. The number of likely N-dealkylation sites (tertiary alicyclic amines) is 1. The van der Waals surface area contributed by atoms with Gasteiger partial charge in [-0.1, -0.05) is 19.8 Å². The van der Waals surface area contributed by atoms with Gasteiger partial charge in [-0.15, -0.1) is 0 Å². The van der Waals surface area contributed by atoms with Gasteiger partial charge in [0.1, 0.15) is 29.8 Å². The van der Waals surface area contributed by atoms with Crippen molar-refractivity contribution in [1.82, 2.24) is 15.1 Å². The summed E-state index contributed by atoms with van der Waals surface area (Å²) in [6, 6.07) is 0. The summed E-state index contributed by atoms with van der Waals surface area (Å²) in [6.45, 7) is 9.05. The average Bonchev–Trinajstić information content (AvgIpc) is 3.38. The minimum absolute atomic E-state index is 0.0488. The van der Waals surface area contributed by atoms with E-state index in [1.165, 1.54) is 25.7 Å². The molecule has 5 rings (SSSR count). The summed E-state index contributed by atoms with van der Waals surface area (Å²) in [5.41, 5.74) is 1.23. The van der Waals surface area contributed by atoms with Crippen LogP contribution in [0.25, 0.3) is 0 Å². The van der Waals surface area contributed by atoms with Crippen LogP contribution in [-0.4, -0.2) is 73.3 Å². The normalized spacial score (nSPS) is 25.4. The first-order chi connectivity index (χ1) is 15.1. The molecule has 4 aliphatic heterocycles. The summed E-state index contributed by atoms with van der Waals surface area (Å²) < 4.78 is 12.0. The molecule has 2 unspecified atom stereocenters. The molecule has 2 atom stereocenters. The molecule has 0 radical (unpaired) electrons. The Morgan fingerprint density at radius 2 is 2.03 bits per heavy atom. The number of fused-ring (bicyclic) bond motifs is 3. The summed E-state index contributed by atoms with van der Waals surface area (Å²) in [5, 5.41) is 3.07. The summed E-state index contributed by atoms with van der Waals surface area (Å²) in [6.07, 6.45) is 9.08. The number of furan rings is 1. The molecule has 1 N–H and O–H groups in total. The zero-order chi connectivity index (χ0) is 21.4. The van der Waals surface area contributed by atoms with Crippen molar-refractivity contribution in [3.05, 3.63) is 28.7 Å². The lowest BCUT2D eigenvalue weighted by Gasteiger charge is -2.22. The van der Waals surface area contributed by atoms with Crippen molar-refractivity contribution in [2.75, 3.05) is 39.3 Å². The van der Waals surface area contributed by atoms with Gasteiger partial charge < -0.3 is 19.4 Å². The monoisotopic (exact) mass is 425 g/mol. The van der Waals surface area contributed by atoms with E-state index in [2.05, 4.69) is 33.2 Å². The van der Waals surface area contributed by atoms with E-state index in [-0.39, 0.29) is 17.9 Å². The first kappa shape index (κ1) is 20.3. The highest BCUT2D eigenvalue weighted by Crippen LogP contribution is 2.34. The van der Waals surface area contributed by atoms with Gasteiger partial charge in [-0.05, 0) is 38.9 Å². The third-order valence-corrected chi connectivity index (χ3v) is 6.59. The molecule has 8 heteroatoms. The number of carbonyl (C=O) groups is 1. The SMILES string of the molecule is Cc1oc2c(c1C(=O)NCC1OC(CN3CCCCCC3)=CC1C)C1=NCCN1C=N2. The standard InChI is InChI=1S/C23H31N5O3/c1-15-11-17(13-27-8-5-3-4-6-9-27)31-18(15)12-25-22(29)19-16(2)30-23-20(19)21-24-7-10-28(21)14-26-23/h11,14-15,18H,3-10,12-13H2,1-2H3,(H,25,29). The van der Waals surface area contributed by atoms with Gasteiger partial charge in [0, 0.05) is 12.5 Å². The predicted octanol–water partition coefficient (Wildman–Crippen LogP) is 2.85. The molecule has 1 aromatic rings. The number of amidine groups is 1. The number of amides is 1. The van der Waals surface area contributed by atoms with Crippen molar-refractivity contribution < 1.29 is 13.9 Å². The van der Waals surface area contributed by atoms with Crippen LogP contribution in [0.3, 0.4) is 0 Å². The number of nitrogens with one attached hydrogen (secondary N) is 1.